The molecule has 0 radical (unpaired) electrons. The van der Waals surface area contributed by atoms with Crippen molar-refractivity contribution < 1.29 is 0 Å². The SMILES string of the molecule is c1ccc(N2CCNC(n3ccnc3)C2)nc1. The van der Waals surface area contributed by atoms with Gasteiger partial charge in [0.25, 0.3) is 0 Å². The Hall–Kier alpha value is -1.88. The van der Waals surface area contributed by atoms with Crippen LogP contribution in [0.2, 0.25) is 0 Å². The molecule has 1 saturated heterocycles. The lowest BCUT2D eigenvalue weighted by atomic mass is 10.3. The van der Waals surface area contributed by atoms with Crippen molar-refractivity contribution in [1.29, 1.82) is 0 Å². The molecule has 5 heteroatoms. The van der Waals surface area contributed by atoms with E-state index in [0.717, 1.165) is 25.5 Å². The Labute approximate surface area is 100 Å². The molecule has 1 atom stereocenters. The molecule has 1 unspecified atom stereocenters. The monoisotopic (exact) mass is 229 g/mol. The smallest absolute Gasteiger partial charge is 0.128 e. The molecule has 1 aliphatic heterocycles. The molecule has 17 heavy (non-hydrogen) atoms. The van der Waals surface area contributed by atoms with Gasteiger partial charge in [0.2, 0.25) is 0 Å². The minimum Gasteiger partial charge on any atom is -0.352 e. The van der Waals surface area contributed by atoms with Gasteiger partial charge < -0.3 is 9.47 Å². The fraction of sp³-hybridized carbons (Fsp3) is 0.333. The number of anilines is 1. The molecule has 0 spiro atoms. The van der Waals surface area contributed by atoms with Gasteiger partial charge in [0.1, 0.15) is 12.0 Å². The fourth-order valence-electron chi connectivity index (χ4n) is 2.13. The molecule has 0 aromatic carbocycles. The van der Waals surface area contributed by atoms with Gasteiger partial charge in [-0.25, -0.2) is 9.97 Å². The Kier molecular flexibility index (Phi) is 2.75. The second kappa shape index (κ2) is 4.55. The Morgan fingerprint density at radius 3 is 3.06 bits per heavy atom. The number of hydrogen-bond acceptors (Lipinski definition) is 4. The molecule has 3 rings (SSSR count). The summed E-state index contributed by atoms with van der Waals surface area (Å²) in [5.74, 6) is 1.04. The molecule has 0 aliphatic carbocycles. The predicted octanol–water partition coefficient (Wildman–Crippen LogP) is 0.886. The van der Waals surface area contributed by atoms with Gasteiger partial charge in [-0.1, -0.05) is 6.07 Å². The van der Waals surface area contributed by atoms with E-state index in [0.29, 0.717) is 0 Å². The summed E-state index contributed by atoms with van der Waals surface area (Å²) in [6.07, 6.45) is 7.75. The van der Waals surface area contributed by atoms with Crippen LogP contribution < -0.4 is 10.2 Å². The fourth-order valence-corrected chi connectivity index (χ4v) is 2.13. The zero-order valence-corrected chi connectivity index (χ0v) is 9.53. The van der Waals surface area contributed by atoms with Gasteiger partial charge in [0.15, 0.2) is 0 Å². The second-order valence-electron chi connectivity index (χ2n) is 4.11. The van der Waals surface area contributed by atoms with E-state index in [9.17, 15) is 0 Å². The second-order valence-corrected chi connectivity index (χ2v) is 4.11. The largest absolute Gasteiger partial charge is 0.352 e. The minimum absolute atomic E-state index is 0.272. The van der Waals surface area contributed by atoms with Gasteiger partial charge in [0, 0.05) is 31.7 Å². The molecule has 1 fully saturated rings. The summed E-state index contributed by atoms with van der Waals surface area (Å²) in [6, 6.07) is 6.02. The lowest BCUT2D eigenvalue weighted by molar-refractivity contribution is 0.366. The van der Waals surface area contributed by atoms with Crippen molar-refractivity contribution in [2.45, 2.75) is 6.17 Å². The minimum atomic E-state index is 0.272. The van der Waals surface area contributed by atoms with Gasteiger partial charge in [-0.15, -0.1) is 0 Å². The standard InChI is InChI=1S/C12H15N5/c1-2-4-14-11(3-1)16-8-6-15-12(9-16)17-7-5-13-10-17/h1-5,7,10,12,15H,6,8-9H2. The quantitative estimate of drug-likeness (QED) is 0.830. The van der Waals surface area contributed by atoms with Crippen LogP contribution in [0.25, 0.3) is 0 Å². The summed E-state index contributed by atoms with van der Waals surface area (Å²) < 4.78 is 2.09. The number of hydrogen-bond donors (Lipinski definition) is 1. The highest BCUT2D eigenvalue weighted by Gasteiger charge is 2.20. The molecule has 2 aromatic rings. The Balaban J connectivity index is 1.76. The van der Waals surface area contributed by atoms with Crippen molar-refractivity contribution in [3.05, 3.63) is 43.1 Å². The maximum absolute atomic E-state index is 4.39. The third-order valence-electron chi connectivity index (χ3n) is 3.01. The zero-order valence-electron chi connectivity index (χ0n) is 9.53. The van der Waals surface area contributed by atoms with Gasteiger partial charge in [-0.05, 0) is 12.1 Å². The highest BCUT2D eigenvalue weighted by molar-refractivity contribution is 5.38. The summed E-state index contributed by atoms with van der Waals surface area (Å²) in [6.45, 7) is 2.86. The van der Waals surface area contributed by atoms with E-state index in [1.807, 2.05) is 30.9 Å². The number of rotatable bonds is 2. The number of imidazole rings is 1. The summed E-state index contributed by atoms with van der Waals surface area (Å²) in [4.78, 5) is 10.8. The summed E-state index contributed by atoms with van der Waals surface area (Å²) in [5, 5.41) is 3.47. The molecule has 0 bridgehead atoms. The first-order chi connectivity index (χ1) is 8.43. The Morgan fingerprint density at radius 2 is 2.29 bits per heavy atom. The van der Waals surface area contributed by atoms with Crippen molar-refractivity contribution in [3.8, 4) is 0 Å². The molecular weight excluding hydrogens is 214 g/mol. The summed E-state index contributed by atoms with van der Waals surface area (Å²) in [7, 11) is 0. The van der Waals surface area contributed by atoms with Crippen LogP contribution in [0.3, 0.4) is 0 Å². The first-order valence-corrected chi connectivity index (χ1v) is 5.80. The van der Waals surface area contributed by atoms with Gasteiger partial charge in [0.05, 0.1) is 12.9 Å². The van der Waals surface area contributed by atoms with Crippen molar-refractivity contribution in [3.63, 3.8) is 0 Å². The van der Waals surface area contributed by atoms with Crippen molar-refractivity contribution in [1.82, 2.24) is 19.9 Å². The summed E-state index contributed by atoms with van der Waals surface area (Å²) >= 11 is 0. The highest BCUT2D eigenvalue weighted by atomic mass is 15.3. The van der Waals surface area contributed by atoms with E-state index >= 15 is 0 Å². The molecule has 1 N–H and O–H groups in total. The average molecular weight is 229 g/mol. The van der Waals surface area contributed by atoms with Crippen molar-refractivity contribution >= 4 is 5.82 Å². The van der Waals surface area contributed by atoms with Crippen LogP contribution in [-0.2, 0) is 0 Å². The van der Waals surface area contributed by atoms with E-state index in [2.05, 4.69) is 30.8 Å². The Bertz CT molecular complexity index is 453. The van der Waals surface area contributed by atoms with Gasteiger partial charge in [-0.3, -0.25) is 5.32 Å². The molecule has 3 heterocycles. The molecule has 88 valence electrons. The third-order valence-corrected chi connectivity index (χ3v) is 3.01. The number of piperazine rings is 1. The molecule has 0 amide bonds. The Morgan fingerprint density at radius 1 is 1.29 bits per heavy atom. The van der Waals surface area contributed by atoms with Gasteiger partial charge >= 0.3 is 0 Å². The lowest BCUT2D eigenvalue weighted by Crippen LogP contribution is -2.48. The van der Waals surface area contributed by atoms with Crippen LogP contribution in [-0.4, -0.2) is 34.2 Å². The molecule has 0 saturated carbocycles. The summed E-state index contributed by atoms with van der Waals surface area (Å²) in [5.41, 5.74) is 0. The first kappa shape index (κ1) is 10.3. The number of aromatic nitrogens is 3. The van der Waals surface area contributed by atoms with E-state index in [1.165, 1.54) is 0 Å². The van der Waals surface area contributed by atoms with Crippen LogP contribution in [0, 0.1) is 0 Å². The molecule has 5 nitrogen and oxygen atoms in total. The van der Waals surface area contributed by atoms with Crippen LogP contribution in [0.4, 0.5) is 5.82 Å². The highest BCUT2D eigenvalue weighted by Crippen LogP contribution is 2.15. The zero-order chi connectivity index (χ0) is 11.5. The van der Waals surface area contributed by atoms with Crippen molar-refractivity contribution in [2.75, 3.05) is 24.5 Å². The van der Waals surface area contributed by atoms with E-state index in [1.54, 1.807) is 6.20 Å². The predicted molar refractivity (Wildman–Crippen MR) is 65.7 cm³/mol. The van der Waals surface area contributed by atoms with Crippen LogP contribution in [0.5, 0.6) is 0 Å². The van der Waals surface area contributed by atoms with E-state index in [4.69, 9.17) is 0 Å². The normalized spacial score (nSPS) is 20.5. The van der Waals surface area contributed by atoms with E-state index in [-0.39, 0.29) is 6.17 Å². The van der Waals surface area contributed by atoms with Crippen molar-refractivity contribution in [2.24, 2.45) is 0 Å². The third kappa shape index (κ3) is 2.14. The maximum Gasteiger partial charge on any atom is 0.128 e. The van der Waals surface area contributed by atoms with Crippen LogP contribution in [0.15, 0.2) is 43.1 Å². The molecule has 2 aromatic heterocycles. The topological polar surface area (TPSA) is 46.0 Å². The molecular formula is C12H15N5. The molecule has 1 aliphatic rings. The maximum atomic E-state index is 4.39. The number of pyridine rings is 1. The van der Waals surface area contributed by atoms with Gasteiger partial charge in [-0.2, -0.15) is 0 Å². The van der Waals surface area contributed by atoms with E-state index < -0.39 is 0 Å². The first-order valence-electron chi connectivity index (χ1n) is 5.80. The van der Waals surface area contributed by atoms with Crippen LogP contribution in [0.1, 0.15) is 6.17 Å². The average Bonchev–Trinajstić information content (AvgIpc) is 2.94. The lowest BCUT2D eigenvalue weighted by Gasteiger charge is -2.34. The van der Waals surface area contributed by atoms with Crippen LogP contribution >= 0.6 is 0 Å². The number of nitrogens with one attached hydrogen (secondary N) is 1. The number of nitrogens with zero attached hydrogens (tertiary/aromatic N) is 4.